The third-order valence-corrected chi connectivity index (χ3v) is 5.08. The third-order valence-electron chi connectivity index (χ3n) is 2.92. The molecule has 0 aliphatic heterocycles. The van der Waals surface area contributed by atoms with E-state index in [1.54, 1.807) is 12.1 Å². The first kappa shape index (κ1) is 14.1. The fraction of sp³-hybridized carbons (Fsp3) is 0. The molecule has 2 heterocycles. The number of nitrogens with zero attached hydrogens (tertiary/aromatic N) is 2. The quantitative estimate of drug-likeness (QED) is 0.652. The van der Waals surface area contributed by atoms with Gasteiger partial charge in [0, 0.05) is 5.39 Å². The van der Waals surface area contributed by atoms with Crippen LogP contribution in [0.4, 0.5) is 4.39 Å². The van der Waals surface area contributed by atoms with Crippen LogP contribution >= 0.6 is 15.9 Å². The second-order valence-corrected chi connectivity index (χ2v) is 6.89. The zero-order valence-electron chi connectivity index (χ0n) is 10.5. The molecule has 1 aromatic carbocycles. The summed E-state index contributed by atoms with van der Waals surface area (Å²) in [6.07, 6.45) is 0.864. The maximum Gasteiger partial charge on any atom is 0.241 e. The highest BCUT2D eigenvalue weighted by atomic mass is 79.9. The van der Waals surface area contributed by atoms with Gasteiger partial charge in [-0.2, -0.15) is 0 Å². The summed E-state index contributed by atoms with van der Waals surface area (Å²) in [6.45, 7) is 0. The Bertz CT molecular complexity index is 927. The van der Waals surface area contributed by atoms with Crippen LogP contribution in [0.5, 0.6) is 0 Å². The number of hydrogen-bond donors (Lipinski definition) is 0. The maximum absolute atomic E-state index is 12.9. The van der Waals surface area contributed by atoms with Crippen LogP contribution in [-0.2, 0) is 9.84 Å². The first-order chi connectivity index (χ1) is 9.98. The molecule has 2 aromatic heterocycles. The molecular formula is C14H8BrFN2O2S. The molecule has 0 fully saturated rings. The van der Waals surface area contributed by atoms with E-state index in [1.165, 1.54) is 6.07 Å². The number of fused-ring (bicyclic) bond motifs is 1. The molecule has 0 aliphatic rings. The standard InChI is InChI=1S/C14H8BrFN2O2S/c15-14-11-4-2-1-3-9(11)7-13(18-14)21(19,20)12-6-5-10(16)8-17-12/h1-8H. The number of pyridine rings is 2. The van der Waals surface area contributed by atoms with Crippen molar-refractivity contribution in [2.75, 3.05) is 0 Å². The predicted octanol–water partition coefficient (Wildman–Crippen LogP) is 3.36. The van der Waals surface area contributed by atoms with Gasteiger partial charge in [-0.15, -0.1) is 0 Å². The first-order valence-electron chi connectivity index (χ1n) is 5.90. The summed E-state index contributed by atoms with van der Waals surface area (Å²) in [5.74, 6) is -0.596. The molecule has 3 aromatic rings. The van der Waals surface area contributed by atoms with Gasteiger partial charge in [0.1, 0.15) is 10.4 Å². The Hall–Kier alpha value is -1.86. The molecule has 106 valence electrons. The Labute approximate surface area is 128 Å². The van der Waals surface area contributed by atoms with Crippen molar-refractivity contribution in [3.63, 3.8) is 0 Å². The van der Waals surface area contributed by atoms with E-state index in [0.717, 1.165) is 29.1 Å². The van der Waals surface area contributed by atoms with E-state index in [-0.39, 0.29) is 10.1 Å². The van der Waals surface area contributed by atoms with Crippen LogP contribution in [0.15, 0.2) is 63.3 Å². The second-order valence-electron chi connectivity index (χ2n) is 4.29. The highest BCUT2D eigenvalue weighted by Crippen LogP contribution is 2.27. The van der Waals surface area contributed by atoms with Gasteiger partial charge < -0.3 is 0 Å². The van der Waals surface area contributed by atoms with Crippen molar-refractivity contribution < 1.29 is 12.8 Å². The fourth-order valence-electron chi connectivity index (χ4n) is 1.90. The zero-order valence-corrected chi connectivity index (χ0v) is 12.9. The number of sulfone groups is 1. The number of rotatable bonds is 2. The summed E-state index contributed by atoms with van der Waals surface area (Å²) < 4.78 is 38.2. The van der Waals surface area contributed by atoms with Crippen molar-refractivity contribution in [2.45, 2.75) is 10.1 Å². The summed E-state index contributed by atoms with van der Waals surface area (Å²) in [5, 5.41) is 1.18. The van der Waals surface area contributed by atoms with Crippen LogP contribution < -0.4 is 0 Å². The van der Waals surface area contributed by atoms with Gasteiger partial charge in [0.15, 0.2) is 10.1 Å². The second kappa shape index (κ2) is 5.16. The molecule has 21 heavy (non-hydrogen) atoms. The molecule has 0 bridgehead atoms. The van der Waals surface area contributed by atoms with Crippen LogP contribution in [0, 0.1) is 5.82 Å². The molecule has 3 rings (SSSR count). The minimum absolute atomic E-state index is 0.132. The van der Waals surface area contributed by atoms with E-state index in [0.29, 0.717) is 4.60 Å². The summed E-state index contributed by atoms with van der Waals surface area (Å²) in [6, 6.07) is 10.9. The normalized spacial score (nSPS) is 11.7. The molecule has 0 radical (unpaired) electrons. The van der Waals surface area contributed by atoms with Crippen molar-refractivity contribution in [2.24, 2.45) is 0 Å². The molecule has 0 saturated heterocycles. The SMILES string of the molecule is O=S(=O)(c1ccc(F)cn1)c1cc2ccccc2c(Br)n1. The summed E-state index contributed by atoms with van der Waals surface area (Å²) in [7, 11) is -3.89. The molecule has 0 N–H and O–H groups in total. The van der Waals surface area contributed by atoms with Gasteiger partial charge >= 0.3 is 0 Å². The summed E-state index contributed by atoms with van der Waals surface area (Å²) in [4.78, 5) is 7.68. The Balaban J connectivity index is 2.21. The van der Waals surface area contributed by atoms with E-state index < -0.39 is 15.7 Å². The maximum atomic E-state index is 12.9. The molecule has 0 saturated carbocycles. The van der Waals surface area contributed by atoms with Crippen molar-refractivity contribution in [1.29, 1.82) is 0 Å². The van der Waals surface area contributed by atoms with Gasteiger partial charge in [-0.1, -0.05) is 24.3 Å². The van der Waals surface area contributed by atoms with E-state index in [9.17, 15) is 12.8 Å². The molecule has 4 nitrogen and oxygen atoms in total. The average Bonchev–Trinajstić information content (AvgIpc) is 2.47. The smallest absolute Gasteiger partial charge is 0.241 e. The van der Waals surface area contributed by atoms with E-state index in [1.807, 2.05) is 12.1 Å². The number of benzene rings is 1. The van der Waals surface area contributed by atoms with Crippen molar-refractivity contribution in [1.82, 2.24) is 9.97 Å². The molecule has 0 aliphatic carbocycles. The highest BCUT2D eigenvalue weighted by Gasteiger charge is 2.22. The van der Waals surface area contributed by atoms with Gasteiger partial charge in [0.25, 0.3) is 0 Å². The van der Waals surface area contributed by atoms with Crippen molar-refractivity contribution in [3.05, 3.63) is 59.1 Å². The predicted molar refractivity (Wildman–Crippen MR) is 79.1 cm³/mol. The van der Waals surface area contributed by atoms with Crippen LogP contribution in [-0.4, -0.2) is 18.4 Å². The van der Waals surface area contributed by atoms with Crippen LogP contribution in [0.3, 0.4) is 0 Å². The topological polar surface area (TPSA) is 59.9 Å². The number of hydrogen-bond acceptors (Lipinski definition) is 4. The lowest BCUT2D eigenvalue weighted by atomic mass is 10.2. The Kier molecular flexibility index (Phi) is 3.46. The van der Waals surface area contributed by atoms with Gasteiger partial charge in [-0.25, -0.2) is 22.8 Å². The molecule has 0 atom stereocenters. The lowest BCUT2D eigenvalue weighted by Crippen LogP contribution is -2.07. The first-order valence-corrected chi connectivity index (χ1v) is 8.18. The van der Waals surface area contributed by atoms with E-state index >= 15 is 0 Å². The van der Waals surface area contributed by atoms with Crippen molar-refractivity contribution >= 4 is 36.5 Å². The minimum Gasteiger partial charge on any atom is -0.241 e. The molecule has 7 heteroatoms. The van der Waals surface area contributed by atoms with Gasteiger partial charge in [-0.05, 0) is 39.5 Å². The van der Waals surface area contributed by atoms with Gasteiger partial charge in [0.2, 0.25) is 9.84 Å². The van der Waals surface area contributed by atoms with Crippen LogP contribution in [0.25, 0.3) is 10.8 Å². The van der Waals surface area contributed by atoms with Gasteiger partial charge in [-0.3, -0.25) is 0 Å². The fourth-order valence-corrected chi connectivity index (χ4v) is 3.72. The average molecular weight is 367 g/mol. The van der Waals surface area contributed by atoms with Crippen LogP contribution in [0.1, 0.15) is 0 Å². The lowest BCUT2D eigenvalue weighted by Gasteiger charge is -2.06. The number of aromatic nitrogens is 2. The Morgan fingerprint density at radius 2 is 1.81 bits per heavy atom. The minimum atomic E-state index is -3.89. The largest absolute Gasteiger partial charge is 0.241 e. The summed E-state index contributed by atoms with van der Waals surface area (Å²) in [5.41, 5.74) is 0. The molecule has 0 unspecified atom stereocenters. The van der Waals surface area contributed by atoms with E-state index in [2.05, 4.69) is 25.9 Å². The highest BCUT2D eigenvalue weighted by molar-refractivity contribution is 9.10. The van der Waals surface area contributed by atoms with E-state index in [4.69, 9.17) is 0 Å². The Morgan fingerprint density at radius 3 is 2.52 bits per heavy atom. The summed E-state index contributed by atoms with van der Waals surface area (Å²) >= 11 is 3.27. The third kappa shape index (κ3) is 2.54. The van der Waals surface area contributed by atoms with Crippen molar-refractivity contribution in [3.8, 4) is 0 Å². The van der Waals surface area contributed by atoms with Gasteiger partial charge in [0.05, 0.1) is 6.20 Å². The molecule has 0 amide bonds. The molecule has 0 spiro atoms. The Morgan fingerprint density at radius 1 is 1.05 bits per heavy atom. The molecular weight excluding hydrogens is 359 g/mol. The lowest BCUT2D eigenvalue weighted by molar-refractivity contribution is 0.584. The van der Waals surface area contributed by atoms with Crippen LogP contribution in [0.2, 0.25) is 0 Å². The zero-order chi connectivity index (χ0) is 15.0. The monoisotopic (exact) mass is 366 g/mol. The number of halogens is 2.